The van der Waals surface area contributed by atoms with Crippen LogP contribution < -0.4 is 9.46 Å². The predicted octanol–water partition coefficient (Wildman–Crippen LogP) is 2.13. The lowest BCUT2D eigenvalue weighted by atomic mass is 10.3. The van der Waals surface area contributed by atoms with Gasteiger partial charge in [0.25, 0.3) is 10.0 Å². The van der Waals surface area contributed by atoms with Gasteiger partial charge in [-0.05, 0) is 31.2 Å². The molecular formula is C12H13F2N3O3S. The number of ether oxygens (including phenoxy) is 1. The number of anilines is 1. The van der Waals surface area contributed by atoms with Crippen molar-refractivity contribution in [1.29, 1.82) is 0 Å². The van der Waals surface area contributed by atoms with Crippen LogP contribution in [0.15, 0.2) is 35.4 Å². The molecule has 0 aliphatic heterocycles. The number of benzene rings is 1. The monoisotopic (exact) mass is 317 g/mol. The molecule has 0 atom stereocenters. The first-order valence-corrected chi connectivity index (χ1v) is 7.34. The standard InChI is InChI=1S/C12H13F2N3O3S/c1-8-11(7-15-17(8)2)21(18,19)16-9-3-5-10(6-4-9)20-12(13)14/h3-7,12,16H,1-2H3. The highest BCUT2D eigenvalue weighted by Crippen LogP contribution is 2.21. The SMILES string of the molecule is Cc1c(S(=O)(=O)Nc2ccc(OC(F)F)cc2)cnn1C. The van der Waals surface area contributed by atoms with Gasteiger partial charge in [0.1, 0.15) is 10.6 Å². The fourth-order valence-electron chi connectivity index (χ4n) is 1.66. The molecule has 0 spiro atoms. The lowest BCUT2D eigenvalue weighted by molar-refractivity contribution is -0.0498. The van der Waals surface area contributed by atoms with Crippen LogP contribution in [0.25, 0.3) is 0 Å². The molecule has 0 bridgehead atoms. The maximum Gasteiger partial charge on any atom is 0.387 e. The number of nitrogens with one attached hydrogen (secondary N) is 1. The van der Waals surface area contributed by atoms with Crippen molar-refractivity contribution in [3.05, 3.63) is 36.2 Å². The zero-order chi connectivity index (χ0) is 15.6. The van der Waals surface area contributed by atoms with Gasteiger partial charge in [0.15, 0.2) is 0 Å². The Morgan fingerprint density at radius 2 is 1.90 bits per heavy atom. The maximum absolute atomic E-state index is 12.2. The first kappa shape index (κ1) is 15.2. The van der Waals surface area contributed by atoms with E-state index < -0.39 is 16.6 Å². The molecular weight excluding hydrogens is 304 g/mol. The van der Waals surface area contributed by atoms with Crippen LogP contribution in [-0.4, -0.2) is 24.8 Å². The third-order valence-corrected chi connectivity index (χ3v) is 4.30. The van der Waals surface area contributed by atoms with E-state index in [4.69, 9.17) is 0 Å². The van der Waals surface area contributed by atoms with Gasteiger partial charge in [0.05, 0.1) is 11.9 Å². The molecule has 0 amide bonds. The molecule has 2 rings (SSSR count). The largest absolute Gasteiger partial charge is 0.435 e. The Labute approximate surface area is 120 Å². The average molecular weight is 317 g/mol. The van der Waals surface area contributed by atoms with Crippen molar-refractivity contribution in [2.75, 3.05) is 4.72 Å². The van der Waals surface area contributed by atoms with Gasteiger partial charge >= 0.3 is 6.61 Å². The smallest absolute Gasteiger partial charge is 0.387 e. The summed E-state index contributed by atoms with van der Waals surface area (Å²) < 4.78 is 56.4. The predicted molar refractivity (Wildman–Crippen MR) is 71.8 cm³/mol. The molecule has 0 fully saturated rings. The summed E-state index contributed by atoms with van der Waals surface area (Å²) in [6, 6.07) is 5.17. The maximum atomic E-state index is 12.2. The van der Waals surface area contributed by atoms with Crippen molar-refractivity contribution in [3.63, 3.8) is 0 Å². The fourth-order valence-corrected chi connectivity index (χ4v) is 2.92. The van der Waals surface area contributed by atoms with Gasteiger partial charge < -0.3 is 4.74 Å². The van der Waals surface area contributed by atoms with Crippen molar-refractivity contribution in [2.24, 2.45) is 7.05 Å². The third-order valence-electron chi connectivity index (χ3n) is 2.81. The number of alkyl halides is 2. The van der Waals surface area contributed by atoms with Crippen molar-refractivity contribution in [1.82, 2.24) is 9.78 Å². The highest BCUT2D eigenvalue weighted by atomic mass is 32.2. The fraction of sp³-hybridized carbons (Fsp3) is 0.250. The molecule has 0 unspecified atom stereocenters. The Hall–Kier alpha value is -2.16. The molecule has 0 saturated heterocycles. The van der Waals surface area contributed by atoms with Crippen molar-refractivity contribution in [2.45, 2.75) is 18.4 Å². The van der Waals surface area contributed by atoms with E-state index in [1.807, 2.05) is 0 Å². The van der Waals surface area contributed by atoms with Gasteiger partial charge in [0, 0.05) is 12.7 Å². The minimum Gasteiger partial charge on any atom is -0.435 e. The van der Waals surface area contributed by atoms with Crippen LogP contribution >= 0.6 is 0 Å². The Morgan fingerprint density at radius 1 is 1.29 bits per heavy atom. The molecule has 1 aromatic heterocycles. The number of hydrogen-bond donors (Lipinski definition) is 1. The zero-order valence-electron chi connectivity index (χ0n) is 11.2. The van der Waals surface area contributed by atoms with Crippen LogP contribution in [0, 0.1) is 6.92 Å². The molecule has 21 heavy (non-hydrogen) atoms. The summed E-state index contributed by atoms with van der Waals surface area (Å²) in [4.78, 5) is 0.0536. The zero-order valence-corrected chi connectivity index (χ0v) is 12.1. The van der Waals surface area contributed by atoms with E-state index in [2.05, 4.69) is 14.6 Å². The number of halogens is 2. The number of hydrogen-bond acceptors (Lipinski definition) is 4. The molecule has 1 N–H and O–H groups in total. The number of aryl methyl sites for hydroxylation is 1. The van der Waals surface area contributed by atoms with Crippen molar-refractivity contribution in [3.8, 4) is 5.75 Å². The summed E-state index contributed by atoms with van der Waals surface area (Å²) in [5.74, 6) is -0.0505. The van der Waals surface area contributed by atoms with E-state index in [-0.39, 0.29) is 16.3 Å². The Balaban J connectivity index is 2.19. The summed E-state index contributed by atoms with van der Waals surface area (Å²) in [6.45, 7) is -1.30. The van der Waals surface area contributed by atoms with E-state index >= 15 is 0 Å². The van der Waals surface area contributed by atoms with Crippen molar-refractivity contribution < 1.29 is 21.9 Å². The second kappa shape index (κ2) is 5.68. The van der Waals surface area contributed by atoms with Gasteiger partial charge in [-0.15, -0.1) is 0 Å². The van der Waals surface area contributed by atoms with Crippen molar-refractivity contribution >= 4 is 15.7 Å². The molecule has 2 aromatic rings. The highest BCUT2D eigenvalue weighted by molar-refractivity contribution is 7.92. The first-order chi connectivity index (χ1) is 9.79. The Kier molecular flexibility index (Phi) is 4.12. The minimum atomic E-state index is -3.78. The van der Waals surface area contributed by atoms with Gasteiger partial charge in [0.2, 0.25) is 0 Å². The van der Waals surface area contributed by atoms with E-state index in [0.717, 1.165) is 0 Å². The summed E-state index contributed by atoms with van der Waals surface area (Å²) >= 11 is 0. The normalized spacial score (nSPS) is 11.7. The number of aromatic nitrogens is 2. The van der Waals surface area contributed by atoms with E-state index in [9.17, 15) is 17.2 Å². The van der Waals surface area contributed by atoms with E-state index in [1.54, 1.807) is 14.0 Å². The minimum absolute atomic E-state index is 0.0505. The molecule has 114 valence electrons. The van der Waals surface area contributed by atoms with E-state index in [1.165, 1.54) is 35.1 Å². The third kappa shape index (κ3) is 3.48. The van der Waals surface area contributed by atoms with E-state index in [0.29, 0.717) is 5.69 Å². The number of nitrogens with zero attached hydrogens (tertiary/aromatic N) is 2. The van der Waals surface area contributed by atoms with Gasteiger partial charge in [-0.25, -0.2) is 8.42 Å². The topological polar surface area (TPSA) is 73.2 Å². The second-order valence-corrected chi connectivity index (χ2v) is 5.88. The molecule has 6 nitrogen and oxygen atoms in total. The Morgan fingerprint density at radius 3 is 2.38 bits per heavy atom. The molecule has 0 saturated carbocycles. The lowest BCUT2D eigenvalue weighted by Crippen LogP contribution is -2.14. The second-order valence-electron chi connectivity index (χ2n) is 4.23. The van der Waals surface area contributed by atoms with Crippen LogP contribution in [0.4, 0.5) is 14.5 Å². The molecule has 1 heterocycles. The van der Waals surface area contributed by atoms with Crippen LogP contribution in [0.5, 0.6) is 5.75 Å². The molecule has 0 aliphatic carbocycles. The van der Waals surface area contributed by atoms with Crippen LogP contribution in [0.2, 0.25) is 0 Å². The molecule has 1 aromatic carbocycles. The first-order valence-electron chi connectivity index (χ1n) is 5.86. The van der Waals surface area contributed by atoms with Crippen LogP contribution in [0.3, 0.4) is 0 Å². The summed E-state index contributed by atoms with van der Waals surface area (Å²) in [5, 5.41) is 3.87. The Bertz CT molecular complexity index is 727. The number of rotatable bonds is 5. The average Bonchev–Trinajstić information content (AvgIpc) is 2.72. The lowest BCUT2D eigenvalue weighted by Gasteiger charge is -2.09. The highest BCUT2D eigenvalue weighted by Gasteiger charge is 2.20. The summed E-state index contributed by atoms with van der Waals surface area (Å²) in [6.07, 6.45) is 1.24. The molecule has 0 radical (unpaired) electrons. The number of sulfonamides is 1. The molecule has 0 aliphatic rings. The molecule has 9 heteroatoms. The van der Waals surface area contributed by atoms with Gasteiger partial charge in [-0.1, -0.05) is 0 Å². The van der Waals surface area contributed by atoms with Crippen LogP contribution in [0.1, 0.15) is 5.69 Å². The summed E-state index contributed by atoms with van der Waals surface area (Å²) in [5.41, 5.74) is 0.722. The van der Waals surface area contributed by atoms with Gasteiger partial charge in [-0.2, -0.15) is 13.9 Å². The van der Waals surface area contributed by atoms with Gasteiger partial charge in [-0.3, -0.25) is 9.40 Å². The quantitative estimate of drug-likeness (QED) is 0.917. The summed E-state index contributed by atoms with van der Waals surface area (Å²) in [7, 11) is -2.15. The van der Waals surface area contributed by atoms with Crippen LogP contribution in [-0.2, 0) is 17.1 Å².